The van der Waals surface area contributed by atoms with Crippen molar-refractivity contribution in [3.63, 3.8) is 0 Å². The fourth-order valence-corrected chi connectivity index (χ4v) is 2.69. The number of nitrogens with one attached hydrogen (secondary N) is 1. The van der Waals surface area contributed by atoms with Gasteiger partial charge in [-0.15, -0.1) is 12.4 Å². The number of unbranched alkanes of at least 4 members (excludes halogenated alkanes) is 1. The van der Waals surface area contributed by atoms with Gasteiger partial charge in [0.15, 0.2) is 0 Å². The van der Waals surface area contributed by atoms with E-state index in [1.54, 1.807) is 24.3 Å². The number of nitrogens with two attached hydrogens (primary N) is 1. The van der Waals surface area contributed by atoms with E-state index in [1.807, 2.05) is 6.92 Å². The third-order valence-corrected chi connectivity index (χ3v) is 4.36. The monoisotopic (exact) mass is 336 g/mol. The summed E-state index contributed by atoms with van der Waals surface area (Å²) in [6.45, 7) is 2.15. The van der Waals surface area contributed by atoms with Crippen LogP contribution in [0.1, 0.15) is 24.8 Å². The Morgan fingerprint density at radius 1 is 1.29 bits per heavy atom. The Hall–Kier alpha value is -1.15. The van der Waals surface area contributed by atoms with E-state index in [2.05, 4.69) is 4.72 Å². The number of sulfonamides is 1. The van der Waals surface area contributed by atoms with Crippen LogP contribution in [0.5, 0.6) is 0 Å². The van der Waals surface area contributed by atoms with E-state index in [1.165, 1.54) is 0 Å². The third kappa shape index (κ3) is 6.90. The van der Waals surface area contributed by atoms with Crippen molar-refractivity contribution in [2.45, 2.75) is 37.1 Å². The van der Waals surface area contributed by atoms with Crippen molar-refractivity contribution in [1.29, 1.82) is 0 Å². The molecule has 4 N–H and O–H groups in total. The lowest BCUT2D eigenvalue weighted by atomic mass is 10.1. The molecule has 1 aromatic rings. The summed E-state index contributed by atoms with van der Waals surface area (Å²) in [4.78, 5) is 10.7. The van der Waals surface area contributed by atoms with E-state index >= 15 is 0 Å². The lowest BCUT2D eigenvalue weighted by Gasteiger charge is -2.08. The molecule has 1 rings (SSSR count). The zero-order chi connectivity index (χ0) is 15.2. The van der Waals surface area contributed by atoms with Crippen LogP contribution in [-0.2, 0) is 14.8 Å². The Balaban J connectivity index is 0.00000400. The van der Waals surface area contributed by atoms with Crippen molar-refractivity contribution in [1.82, 2.24) is 4.72 Å². The fourth-order valence-electron chi connectivity index (χ4n) is 1.62. The van der Waals surface area contributed by atoms with Crippen LogP contribution in [-0.4, -0.2) is 32.1 Å². The van der Waals surface area contributed by atoms with Crippen molar-refractivity contribution in [2.75, 3.05) is 6.54 Å². The molecule has 120 valence electrons. The Bertz CT molecular complexity index is 546. The van der Waals surface area contributed by atoms with E-state index in [0.717, 1.165) is 5.56 Å². The quantitative estimate of drug-likeness (QED) is 0.619. The predicted octanol–water partition coefficient (Wildman–Crippen LogP) is 1.28. The van der Waals surface area contributed by atoms with Crippen LogP contribution in [0.15, 0.2) is 29.2 Å². The highest BCUT2D eigenvalue weighted by molar-refractivity contribution is 7.89. The first-order valence-electron chi connectivity index (χ1n) is 6.37. The molecule has 0 amide bonds. The highest BCUT2D eigenvalue weighted by Crippen LogP contribution is 2.10. The van der Waals surface area contributed by atoms with Crippen LogP contribution >= 0.6 is 12.4 Å². The molecule has 0 bridgehead atoms. The molecular weight excluding hydrogens is 316 g/mol. The molecule has 6 nitrogen and oxygen atoms in total. The molecule has 1 aromatic carbocycles. The molecule has 0 radical (unpaired) electrons. The SMILES string of the molecule is Cc1ccc(S(=O)(=O)NCCCC[C@H](N)C(=O)O)cc1.Cl. The molecule has 0 aliphatic heterocycles. The van der Waals surface area contributed by atoms with Crippen LogP contribution < -0.4 is 10.5 Å². The smallest absolute Gasteiger partial charge is 0.320 e. The first kappa shape index (κ1) is 19.9. The number of hydrogen-bond donors (Lipinski definition) is 3. The second-order valence-corrected chi connectivity index (χ2v) is 6.42. The summed E-state index contributed by atoms with van der Waals surface area (Å²) < 4.78 is 26.3. The molecular formula is C13H21ClN2O4S. The average molecular weight is 337 g/mol. The van der Waals surface area contributed by atoms with E-state index in [-0.39, 0.29) is 23.8 Å². The Kier molecular flexibility index (Phi) is 8.50. The number of hydrogen-bond acceptors (Lipinski definition) is 4. The molecule has 0 aliphatic rings. The van der Waals surface area contributed by atoms with Crippen molar-refractivity contribution in [3.05, 3.63) is 29.8 Å². The highest BCUT2D eigenvalue weighted by atomic mass is 35.5. The zero-order valence-corrected chi connectivity index (χ0v) is 13.4. The highest BCUT2D eigenvalue weighted by Gasteiger charge is 2.13. The molecule has 0 aromatic heterocycles. The minimum absolute atomic E-state index is 0. The van der Waals surface area contributed by atoms with Gasteiger partial charge >= 0.3 is 5.97 Å². The number of carboxylic acid groups (broad SMARTS) is 1. The van der Waals surface area contributed by atoms with Crippen molar-refractivity contribution < 1.29 is 18.3 Å². The third-order valence-electron chi connectivity index (χ3n) is 2.88. The number of carboxylic acids is 1. The standard InChI is InChI=1S/C13H20N2O4S.ClH/c1-10-5-7-11(8-6-10)20(18,19)15-9-3-2-4-12(14)13(16)17;/h5-8,12,15H,2-4,9,14H2,1H3,(H,16,17);1H/t12-;/m0./s1. The maximum absolute atomic E-state index is 11.9. The van der Waals surface area contributed by atoms with Gasteiger partial charge in [-0.3, -0.25) is 4.79 Å². The summed E-state index contributed by atoms with van der Waals surface area (Å²) in [5, 5.41) is 8.60. The lowest BCUT2D eigenvalue weighted by molar-refractivity contribution is -0.138. The molecule has 1 atom stereocenters. The van der Waals surface area contributed by atoms with Gasteiger partial charge < -0.3 is 10.8 Å². The first-order chi connectivity index (χ1) is 9.33. The Labute approximate surface area is 131 Å². The fraction of sp³-hybridized carbons (Fsp3) is 0.462. The average Bonchev–Trinajstić information content (AvgIpc) is 2.38. The van der Waals surface area contributed by atoms with Crippen LogP contribution in [0.2, 0.25) is 0 Å². The largest absolute Gasteiger partial charge is 0.480 e. The summed E-state index contributed by atoms with van der Waals surface area (Å²) >= 11 is 0. The van der Waals surface area contributed by atoms with Gasteiger partial charge in [-0.2, -0.15) is 0 Å². The van der Waals surface area contributed by atoms with Gasteiger partial charge in [0, 0.05) is 6.54 Å². The maximum Gasteiger partial charge on any atom is 0.320 e. The first-order valence-corrected chi connectivity index (χ1v) is 7.86. The molecule has 21 heavy (non-hydrogen) atoms. The van der Waals surface area contributed by atoms with Gasteiger partial charge in [-0.25, -0.2) is 13.1 Å². The van der Waals surface area contributed by atoms with Crippen LogP contribution in [0.25, 0.3) is 0 Å². The van der Waals surface area contributed by atoms with Gasteiger partial charge in [0.2, 0.25) is 10.0 Å². The molecule has 0 aliphatic carbocycles. The van der Waals surface area contributed by atoms with Crippen molar-refractivity contribution in [3.8, 4) is 0 Å². The van der Waals surface area contributed by atoms with Gasteiger partial charge in [0.25, 0.3) is 0 Å². The summed E-state index contributed by atoms with van der Waals surface area (Å²) in [6.07, 6.45) is 1.44. The predicted molar refractivity (Wildman–Crippen MR) is 83.1 cm³/mol. The molecule has 0 spiro atoms. The Morgan fingerprint density at radius 2 is 1.86 bits per heavy atom. The summed E-state index contributed by atoms with van der Waals surface area (Å²) in [6, 6.07) is 5.69. The van der Waals surface area contributed by atoms with Crippen LogP contribution in [0.3, 0.4) is 0 Å². The van der Waals surface area contributed by atoms with E-state index in [0.29, 0.717) is 19.3 Å². The molecule has 0 fully saturated rings. The topological polar surface area (TPSA) is 109 Å². The van der Waals surface area contributed by atoms with E-state index < -0.39 is 22.0 Å². The van der Waals surface area contributed by atoms with Gasteiger partial charge in [-0.05, 0) is 31.9 Å². The number of aryl methyl sites for hydroxylation is 1. The molecule has 8 heteroatoms. The van der Waals surface area contributed by atoms with Gasteiger partial charge in [-0.1, -0.05) is 24.1 Å². The molecule has 0 unspecified atom stereocenters. The minimum Gasteiger partial charge on any atom is -0.480 e. The molecule has 0 heterocycles. The molecule has 0 saturated carbocycles. The van der Waals surface area contributed by atoms with E-state index in [9.17, 15) is 13.2 Å². The number of halogens is 1. The van der Waals surface area contributed by atoms with Crippen LogP contribution in [0, 0.1) is 6.92 Å². The summed E-state index contributed by atoms with van der Waals surface area (Å²) in [5.41, 5.74) is 6.34. The second kappa shape index (κ2) is 8.99. The normalized spacial score (nSPS) is 12.5. The van der Waals surface area contributed by atoms with Crippen LogP contribution in [0.4, 0.5) is 0 Å². The maximum atomic E-state index is 11.9. The number of carbonyl (C=O) groups is 1. The lowest BCUT2D eigenvalue weighted by Crippen LogP contribution is -2.30. The zero-order valence-electron chi connectivity index (χ0n) is 11.8. The van der Waals surface area contributed by atoms with Crippen molar-refractivity contribution in [2.24, 2.45) is 5.73 Å². The summed E-state index contributed by atoms with van der Waals surface area (Å²) in [5.74, 6) is -1.04. The van der Waals surface area contributed by atoms with E-state index in [4.69, 9.17) is 10.8 Å². The summed E-state index contributed by atoms with van der Waals surface area (Å²) in [7, 11) is -3.49. The van der Waals surface area contributed by atoms with Gasteiger partial charge in [0.05, 0.1) is 4.90 Å². The number of benzene rings is 1. The number of aliphatic carboxylic acids is 1. The van der Waals surface area contributed by atoms with Crippen molar-refractivity contribution >= 4 is 28.4 Å². The second-order valence-electron chi connectivity index (χ2n) is 4.65. The minimum atomic E-state index is -3.49. The Morgan fingerprint density at radius 3 is 2.38 bits per heavy atom. The number of rotatable bonds is 8. The van der Waals surface area contributed by atoms with Gasteiger partial charge in [0.1, 0.15) is 6.04 Å². The molecule has 0 saturated heterocycles.